The number of nitrogens with one attached hydrogen (secondary N) is 2. The normalized spacial score (nSPS) is 11.3. The van der Waals surface area contributed by atoms with Gasteiger partial charge in [-0.2, -0.15) is 5.26 Å². The van der Waals surface area contributed by atoms with E-state index in [1.807, 2.05) is 13.0 Å². The van der Waals surface area contributed by atoms with Crippen molar-refractivity contribution in [1.29, 1.82) is 5.26 Å². The minimum atomic E-state index is -0.318. The number of halogens is 1. The van der Waals surface area contributed by atoms with Crippen molar-refractivity contribution < 1.29 is 14.0 Å². The first-order valence-corrected chi connectivity index (χ1v) is 8.27. The molecule has 0 bridgehead atoms. The van der Waals surface area contributed by atoms with Gasteiger partial charge in [-0.25, -0.2) is 4.39 Å². The van der Waals surface area contributed by atoms with Crippen LogP contribution in [-0.4, -0.2) is 11.8 Å². The number of benzene rings is 2. The minimum Gasteiger partial charge on any atom is -0.352 e. The van der Waals surface area contributed by atoms with Gasteiger partial charge >= 0.3 is 0 Å². The first-order valence-electron chi connectivity index (χ1n) is 8.27. The van der Waals surface area contributed by atoms with Crippen LogP contribution >= 0.6 is 0 Å². The van der Waals surface area contributed by atoms with E-state index in [0.29, 0.717) is 17.8 Å². The van der Waals surface area contributed by atoms with Crippen molar-refractivity contribution in [2.24, 2.45) is 5.92 Å². The van der Waals surface area contributed by atoms with Gasteiger partial charge in [0.1, 0.15) is 5.82 Å². The second-order valence-electron chi connectivity index (χ2n) is 6.15. The predicted molar refractivity (Wildman–Crippen MR) is 96.4 cm³/mol. The summed E-state index contributed by atoms with van der Waals surface area (Å²) in [4.78, 5) is 24.0. The first-order chi connectivity index (χ1) is 12.5. The highest BCUT2D eigenvalue weighted by Crippen LogP contribution is 2.13. The van der Waals surface area contributed by atoms with Crippen molar-refractivity contribution in [1.82, 2.24) is 5.32 Å². The van der Waals surface area contributed by atoms with Crippen LogP contribution in [0.5, 0.6) is 0 Å². The average molecular weight is 353 g/mol. The van der Waals surface area contributed by atoms with E-state index in [-0.39, 0.29) is 36.4 Å². The second kappa shape index (κ2) is 9.33. The molecular formula is C20H20FN3O2. The van der Waals surface area contributed by atoms with Gasteiger partial charge in [-0.05, 0) is 47.9 Å². The van der Waals surface area contributed by atoms with Gasteiger partial charge in [-0.1, -0.05) is 19.1 Å². The van der Waals surface area contributed by atoms with E-state index >= 15 is 0 Å². The lowest BCUT2D eigenvalue weighted by Gasteiger charge is -2.12. The summed E-state index contributed by atoms with van der Waals surface area (Å²) in [6.07, 6.45) is 0.436. The molecule has 0 aliphatic heterocycles. The zero-order valence-corrected chi connectivity index (χ0v) is 14.5. The molecule has 134 valence electrons. The smallest absolute Gasteiger partial charge is 0.224 e. The molecule has 0 heterocycles. The molecule has 0 fully saturated rings. The zero-order valence-electron chi connectivity index (χ0n) is 14.5. The molecule has 0 aliphatic rings. The van der Waals surface area contributed by atoms with Gasteiger partial charge < -0.3 is 10.6 Å². The minimum absolute atomic E-state index is 0.124. The average Bonchev–Trinajstić information content (AvgIpc) is 2.61. The summed E-state index contributed by atoms with van der Waals surface area (Å²) >= 11 is 0. The fourth-order valence-electron chi connectivity index (χ4n) is 2.42. The lowest BCUT2D eigenvalue weighted by molar-refractivity contribution is -0.122. The third-order valence-corrected chi connectivity index (χ3v) is 3.77. The lowest BCUT2D eigenvalue weighted by atomic mass is 10.0. The van der Waals surface area contributed by atoms with E-state index in [1.54, 1.807) is 36.4 Å². The van der Waals surface area contributed by atoms with E-state index in [4.69, 9.17) is 5.26 Å². The molecule has 5 nitrogen and oxygen atoms in total. The van der Waals surface area contributed by atoms with Crippen molar-refractivity contribution in [3.8, 4) is 6.07 Å². The summed E-state index contributed by atoms with van der Waals surface area (Å²) in [6, 6.07) is 14.5. The Hall–Kier alpha value is -3.20. The van der Waals surface area contributed by atoms with Gasteiger partial charge in [0.2, 0.25) is 11.8 Å². The van der Waals surface area contributed by atoms with Crippen LogP contribution in [0.15, 0.2) is 48.5 Å². The van der Waals surface area contributed by atoms with E-state index in [1.165, 1.54) is 12.1 Å². The topological polar surface area (TPSA) is 82.0 Å². The molecule has 2 N–H and O–H groups in total. The highest BCUT2D eigenvalue weighted by atomic mass is 19.1. The number of nitrogens with zero attached hydrogens (tertiary/aromatic N) is 1. The van der Waals surface area contributed by atoms with Crippen molar-refractivity contribution in [3.05, 3.63) is 65.5 Å². The van der Waals surface area contributed by atoms with Gasteiger partial charge in [0.25, 0.3) is 0 Å². The summed E-state index contributed by atoms with van der Waals surface area (Å²) < 4.78 is 12.8. The third kappa shape index (κ3) is 6.36. The molecule has 0 saturated carbocycles. The molecule has 2 aromatic rings. The highest BCUT2D eigenvalue weighted by Gasteiger charge is 2.13. The molecule has 0 aromatic heterocycles. The number of amides is 2. The Labute approximate surface area is 151 Å². The number of nitriles is 1. The zero-order chi connectivity index (χ0) is 18.9. The number of carbonyl (C=O) groups is 2. The van der Waals surface area contributed by atoms with Crippen LogP contribution in [0.1, 0.15) is 30.9 Å². The van der Waals surface area contributed by atoms with Crippen LogP contribution in [-0.2, 0) is 16.1 Å². The predicted octanol–water partition coefficient (Wildman–Crippen LogP) is 3.37. The van der Waals surface area contributed by atoms with Crippen LogP contribution in [0.2, 0.25) is 0 Å². The largest absolute Gasteiger partial charge is 0.352 e. The SMILES string of the molecule is C[C@@H](CC(=O)NCc1ccc(F)cc1)CC(=O)Nc1ccc(C#N)cc1. The van der Waals surface area contributed by atoms with Gasteiger partial charge in [-0.3, -0.25) is 9.59 Å². The van der Waals surface area contributed by atoms with E-state index < -0.39 is 0 Å². The van der Waals surface area contributed by atoms with Crippen LogP contribution in [0.4, 0.5) is 10.1 Å². The quantitative estimate of drug-likeness (QED) is 0.801. The molecule has 0 spiro atoms. The molecule has 26 heavy (non-hydrogen) atoms. The Kier molecular flexibility index (Phi) is 6.86. The summed E-state index contributed by atoms with van der Waals surface area (Å²) in [5.74, 6) is -0.787. The Morgan fingerprint density at radius 3 is 2.27 bits per heavy atom. The molecule has 2 amide bonds. The van der Waals surface area contributed by atoms with Gasteiger partial charge in [0.05, 0.1) is 11.6 Å². The van der Waals surface area contributed by atoms with Crippen molar-refractivity contribution >= 4 is 17.5 Å². The molecule has 0 radical (unpaired) electrons. The molecule has 1 atom stereocenters. The van der Waals surface area contributed by atoms with Gasteiger partial charge in [0, 0.05) is 25.1 Å². The first kappa shape index (κ1) is 19.1. The molecule has 2 rings (SSSR count). The van der Waals surface area contributed by atoms with E-state index in [9.17, 15) is 14.0 Å². The number of anilines is 1. The fraction of sp³-hybridized carbons (Fsp3) is 0.250. The van der Waals surface area contributed by atoms with Crippen LogP contribution < -0.4 is 10.6 Å². The standard InChI is InChI=1S/C20H20FN3O2/c1-14(10-19(25)23-13-16-2-6-17(21)7-3-16)11-20(26)24-18-8-4-15(12-22)5-9-18/h2-9,14H,10-11,13H2,1H3,(H,23,25)(H,24,26)/t14-/m0/s1. The number of hydrogen-bond donors (Lipinski definition) is 2. The van der Waals surface area contributed by atoms with Gasteiger partial charge in [0.15, 0.2) is 0 Å². The van der Waals surface area contributed by atoms with E-state index in [2.05, 4.69) is 10.6 Å². The third-order valence-electron chi connectivity index (χ3n) is 3.77. The maximum absolute atomic E-state index is 12.8. The lowest BCUT2D eigenvalue weighted by Crippen LogP contribution is -2.26. The Bertz CT molecular complexity index is 795. The summed E-state index contributed by atoms with van der Waals surface area (Å²) in [7, 11) is 0. The summed E-state index contributed by atoms with van der Waals surface area (Å²) in [5.41, 5.74) is 1.95. The Balaban J connectivity index is 1.73. The monoisotopic (exact) mass is 353 g/mol. The number of rotatable bonds is 7. The molecular weight excluding hydrogens is 333 g/mol. The van der Waals surface area contributed by atoms with Crippen molar-refractivity contribution in [2.45, 2.75) is 26.3 Å². The van der Waals surface area contributed by atoms with Crippen LogP contribution in [0.3, 0.4) is 0 Å². The molecule has 6 heteroatoms. The van der Waals surface area contributed by atoms with Crippen LogP contribution in [0, 0.1) is 23.1 Å². The number of carbonyl (C=O) groups excluding carboxylic acids is 2. The maximum Gasteiger partial charge on any atom is 0.224 e. The maximum atomic E-state index is 12.8. The Morgan fingerprint density at radius 2 is 1.65 bits per heavy atom. The molecule has 0 unspecified atom stereocenters. The Morgan fingerprint density at radius 1 is 1.04 bits per heavy atom. The molecule has 0 saturated heterocycles. The second-order valence-corrected chi connectivity index (χ2v) is 6.15. The van der Waals surface area contributed by atoms with Gasteiger partial charge in [-0.15, -0.1) is 0 Å². The van der Waals surface area contributed by atoms with Crippen LogP contribution in [0.25, 0.3) is 0 Å². The summed E-state index contributed by atoms with van der Waals surface area (Å²) in [6.45, 7) is 2.15. The molecule has 0 aliphatic carbocycles. The number of hydrogen-bond acceptors (Lipinski definition) is 3. The highest BCUT2D eigenvalue weighted by molar-refractivity contribution is 5.91. The summed E-state index contributed by atoms with van der Waals surface area (Å²) in [5, 5.41) is 14.3. The van der Waals surface area contributed by atoms with Crippen molar-refractivity contribution in [3.63, 3.8) is 0 Å². The van der Waals surface area contributed by atoms with Crippen molar-refractivity contribution in [2.75, 3.05) is 5.32 Å². The fourth-order valence-corrected chi connectivity index (χ4v) is 2.42. The molecule has 2 aromatic carbocycles. The van der Waals surface area contributed by atoms with E-state index in [0.717, 1.165) is 5.56 Å².